The lowest BCUT2D eigenvalue weighted by molar-refractivity contribution is 0.0504. The van der Waals surface area contributed by atoms with Gasteiger partial charge in [0.1, 0.15) is 24.2 Å². The van der Waals surface area contributed by atoms with Crippen LogP contribution >= 0.6 is 0 Å². The summed E-state index contributed by atoms with van der Waals surface area (Å²) in [5.74, 6) is 1.55. The molecule has 0 radical (unpaired) electrons. The summed E-state index contributed by atoms with van der Waals surface area (Å²) < 4.78 is 10.7. The molecular formula is C15H24N2O3. The fourth-order valence-corrected chi connectivity index (χ4v) is 2.25. The van der Waals surface area contributed by atoms with Gasteiger partial charge in [-0.1, -0.05) is 0 Å². The van der Waals surface area contributed by atoms with Gasteiger partial charge in [-0.15, -0.1) is 0 Å². The number of piperazine rings is 1. The number of nitrogens with zero attached hydrogens (tertiary/aromatic N) is 2. The predicted octanol–water partition coefficient (Wildman–Crippen LogP) is 0.682. The molecule has 1 fully saturated rings. The largest absolute Gasteiger partial charge is 0.497 e. The second-order valence-corrected chi connectivity index (χ2v) is 5.24. The van der Waals surface area contributed by atoms with Crippen molar-refractivity contribution in [1.29, 1.82) is 0 Å². The summed E-state index contributed by atoms with van der Waals surface area (Å²) in [6, 6.07) is 7.40. The van der Waals surface area contributed by atoms with Crippen molar-refractivity contribution < 1.29 is 14.6 Å². The van der Waals surface area contributed by atoms with Crippen molar-refractivity contribution >= 4 is 0 Å². The number of hydrogen-bond donors (Lipinski definition) is 1. The number of aliphatic hydroxyl groups is 1. The van der Waals surface area contributed by atoms with Crippen LogP contribution in [0.4, 0.5) is 0 Å². The third-order valence-corrected chi connectivity index (χ3v) is 3.57. The molecule has 20 heavy (non-hydrogen) atoms. The van der Waals surface area contributed by atoms with E-state index in [9.17, 15) is 5.11 Å². The standard InChI is InChI=1S/C15H24N2O3/c1-16-7-9-17(10-8-16)11-13(18)12-20-15-5-3-14(19-2)4-6-15/h3-6,13,18H,7-12H2,1-2H3/t13-/m0/s1. The van der Waals surface area contributed by atoms with Crippen molar-refractivity contribution in [3.63, 3.8) is 0 Å². The monoisotopic (exact) mass is 280 g/mol. The number of methoxy groups -OCH3 is 1. The maximum absolute atomic E-state index is 10.0. The first-order valence-electron chi connectivity index (χ1n) is 7.03. The van der Waals surface area contributed by atoms with Crippen LogP contribution < -0.4 is 9.47 Å². The molecule has 1 aromatic carbocycles. The lowest BCUT2D eigenvalue weighted by atomic mass is 10.2. The summed E-state index contributed by atoms with van der Waals surface area (Å²) in [5.41, 5.74) is 0. The Bertz CT molecular complexity index is 389. The molecule has 1 atom stereocenters. The molecule has 1 heterocycles. The van der Waals surface area contributed by atoms with Gasteiger partial charge in [0.05, 0.1) is 7.11 Å². The molecule has 0 bridgehead atoms. The molecule has 0 aromatic heterocycles. The number of aliphatic hydroxyl groups excluding tert-OH is 1. The van der Waals surface area contributed by atoms with E-state index in [0.717, 1.165) is 37.7 Å². The highest BCUT2D eigenvalue weighted by molar-refractivity contribution is 5.31. The number of β-amino-alcohol motifs (C(OH)–C–C–N with tert-alkyl or cyclic N) is 1. The molecule has 5 nitrogen and oxygen atoms in total. The number of ether oxygens (including phenoxy) is 2. The van der Waals surface area contributed by atoms with Crippen LogP contribution in [-0.4, -0.2) is 74.5 Å². The molecule has 1 N–H and O–H groups in total. The molecule has 112 valence electrons. The molecule has 0 aliphatic carbocycles. The summed E-state index contributed by atoms with van der Waals surface area (Å²) in [6.45, 7) is 5.13. The summed E-state index contributed by atoms with van der Waals surface area (Å²) in [6.07, 6.45) is -0.458. The predicted molar refractivity (Wildman–Crippen MR) is 78.4 cm³/mol. The first-order chi connectivity index (χ1) is 9.67. The van der Waals surface area contributed by atoms with Gasteiger partial charge < -0.3 is 19.5 Å². The maximum Gasteiger partial charge on any atom is 0.119 e. The average Bonchev–Trinajstić information content (AvgIpc) is 2.48. The second-order valence-electron chi connectivity index (χ2n) is 5.24. The minimum Gasteiger partial charge on any atom is -0.497 e. The molecule has 0 saturated carbocycles. The summed E-state index contributed by atoms with van der Waals surface area (Å²) in [4.78, 5) is 4.58. The zero-order chi connectivity index (χ0) is 14.4. The molecule has 1 aliphatic rings. The highest BCUT2D eigenvalue weighted by Gasteiger charge is 2.17. The van der Waals surface area contributed by atoms with Gasteiger partial charge in [-0.05, 0) is 31.3 Å². The van der Waals surface area contributed by atoms with Crippen molar-refractivity contribution in [2.75, 3.05) is 53.5 Å². The van der Waals surface area contributed by atoms with Crippen molar-refractivity contribution in [3.05, 3.63) is 24.3 Å². The number of benzene rings is 1. The molecule has 0 amide bonds. The lowest BCUT2D eigenvalue weighted by Crippen LogP contribution is -2.47. The quantitative estimate of drug-likeness (QED) is 0.830. The van der Waals surface area contributed by atoms with Crippen molar-refractivity contribution in [2.24, 2.45) is 0 Å². The third kappa shape index (κ3) is 4.67. The van der Waals surface area contributed by atoms with Crippen LogP contribution in [0.25, 0.3) is 0 Å². The molecule has 1 aromatic rings. The summed E-state index contributed by atoms with van der Waals surface area (Å²) in [7, 11) is 3.76. The van der Waals surface area contributed by atoms with Gasteiger partial charge in [-0.25, -0.2) is 0 Å². The van der Waals surface area contributed by atoms with Crippen molar-refractivity contribution in [2.45, 2.75) is 6.10 Å². The molecule has 1 saturated heterocycles. The van der Waals surface area contributed by atoms with E-state index in [-0.39, 0.29) is 0 Å². The Morgan fingerprint density at radius 1 is 1.10 bits per heavy atom. The minimum atomic E-state index is -0.458. The Hall–Kier alpha value is -1.30. The Morgan fingerprint density at radius 3 is 2.30 bits per heavy atom. The highest BCUT2D eigenvalue weighted by atomic mass is 16.5. The maximum atomic E-state index is 10.0. The Kier molecular flexibility index (Phi) is 5.64. The topological polar surface area (TPSA) is 45.2 Å². The van der Waals surface area contributed by atoms with E-state index < -0.39 is 6.10 Å². The van der Waals surface area contributed by atoms with Gasteiger partial charge in [0.15, 0.2) is 0 Å². The van der Waals surface area contributed by atoms with Gasteiger partial charge in [0, 0.05) is 32.7 Å². The first kappa shape index (κ1) is 15.1. The zero-order valence-electron chi connectivity index (χ0n) is 12.3. The SMILES string of the molecule is COc1ccc(OC[C@@H](O)CN2CCN(C)CC2)cc1. The van der Waals surface area contributed by atoms with E-state index in [1.54, 1.807) is 7.11 Å². The Balaban J connectivity index is 1.70. The zero-order valence-corrected chi connectivity index (χ0v) is 12.3. The van der Waals surface area contributed by atoms with Crippen LogP contribution in [0.5, 0.6) is 11.5 Å². The van der Waals surface area contributed by atoms with Gasteiger partial charge in [-0.3, -0.25) is 4.90 Å². The highest BCUT2D eigenvalue weighted by Crippen LogP contribution is 2.17. The fourth-order valence-electron chi connectivity index (χ4n) is 2.25. The van der Waals surface area contributed by atoms with Gasteiger partial charge in [-0.2, -0.15) is 0 Å². The molecule has 2 rings (SSSR count). The van der Waals surface area contributed by atoms with E-state index in [2.05, 4.69) is 16.8 Å². The van der Waals surface area contributed by atoms with Crippen LogP contribution in [0.2, 0.25) is 0 Å². The number of likely N-dealkylation sites (N-methyl/N-ethyl adjacent to an activating group) is 1. The Morgan fingerprint density at radius 2 is 1.70 bits per heavy atom. The average molecular weight is 280 g/mol. The Labute approximate surface area is 120 Å². The van der Waals surface area contributed by atoms with Gasteiger partial charge in [0.25, 0.3) is 0 Å². The van der Waals surface area contributed by atoms with Crippen molar-refractivity contribution in [1.82, 2.24) is 9.80 Å². The van der Waals surface area contributed by atoms with Crippen LogP contribution in [0.1, 0.15) is 0 Å². The number of hydrogen-bond acceptors (Lipinski definition) is 5. The van der Waals surface area contributed by atoms with Crippen LogP contribution in [-0.2, 0) is 0 Å². The van der Waals surface area contributed by atoms with E-state index >= 15 is 0 Å². The molecular weight excluding hydrogens is 256 g/mol. The van der Waals surface area contributed by atoms with E-state index in [4.69, 9.17) is 9.47 Å². The lowest BCUT2D eigenvalue weighted by Gasteiger charge is -2.33. The van der Waals surface area contributed by atoms with Gasteiger partial charge in [0.2, 0.25) is 0 Å². The molecule has 0 unspecified atom stereocenters. The smallest absolute Gasteiger partial charge is 0.119 e. The minimum absolute atomic E-state index is 0.318. The number of rotatable bonds is 6. The molecule has 5 heteroatoms. The fraction of sp³-hybridized carbons (Fsp3) is 0.600. The van der Waals surface area contributed by atoms with E-state index in [0.29, 0.717) is 13.2 Å². The first-order valence-corrected chi connectivity index (χ1v) is 7.03. The van der Waals surface area contributed by atoms with Gasteiger partial charge >= 0.3 is 0 Å². The van der Waals surface area contributed by atoms with Crippen LogP contribution in [0, 0.1) is 0 Å². The summed E-state index contributed by atoms with van der Waals surface area (Å²) in [5, 5.41) is 10.0. The normalized spacial score (nSPS) is 18.8. The van der Waals surface area contributed by atoms with E-state index in [1.807, 2.05) is 24.3 Å². The van der Waals surface area contributed by atoms with Crippen LogP contribution in [0.15, 0.2) is 24.3 Å². The second kappa shape index (κ2) is 7.47. The molecule has 1 aliphatic heterocycles. The van der Waals surface area contributed by atoms with E-state index in [1.165, 1.54) is 0 Å². The molecule has 0 spiro atoms. The summed E-state index contributed by atoms with van der Waals surface area (Å²) >= 11 is 0. The van der Waals surface area contributed by atoms with Crippen LogP contribution in [0.3, 0.4) is 0 Å². The van der Waals surface area contributed by atoms with Crippen molar-refractivity contribution in [3.8, 4) is 11.5 Å². The third-order valence-electron chi connectivity index (χ3n) is 3.57.